The zero-order valence-corrected chi connectivity index (χ0v) is 14.7. The van der Waals surface area contributed by atoms with E-state index in [9.17, 15) is 23.3 Å². The van der Waals surface area contributed by atoms with Crippen LogP contribution >= 0.6 is 12.4 Å². The molecule has 1 saturated heterocycles. The number of hydrogen-bond donors (Lipinski definition) is 1. The summed E-state index contributed by atoms with van der Waals surface area (Å²) in [5, 5.41) is 13.9. The zero-order chi connectivity index (χ0) is 17.0. The molecule has 9 nitrogen and oxygen atoms in total. The van der Waals surface area contributed by atoms with Gasteiger partial charge in [0.2, 0.25) is 15.9 Å². The van der Waals surface area contributed by atoms with E-state index < -0.39 is 14.9 Å². The number of carbonyl (C=O) groups excluding carboxylic acids is 1. The Labute approximate surface area is 146 Å². The van der Waals surface area contributed by atoms with Crippen LogP contribution in [-0.4, -0.2) is 68.2 Å². The molecule has 0 radical (unpaired) electrons. The first-order valence-corrected chi connectivity index (χ1v) is 8.45. The molecular weight excluding hydrogens is 360 g/mol. The predicted octanol–water partition coefficient (Wildman–Crippen LogP) is 0.0689. The minimum absolute atomic E-state index is 0. The summed E-state index contributed by atoms with van der Waals surface area (Å²) in [6.45, 7) is 2.11. The quantitative estimate of drug-likeness (QED) is 0.573. The summed E-state index contributed by atoms with van der Waals surface area (Å²) in [4.78, 5) is 23.6. The van der Waals surface area contributed by atoms with Crippen molar-refractivity contribution < 1.29 is 18.1 Å². The Hall–Kier alpha value is -1.75. The molecule has 1 N–H and O–H groups in total. The summed E-state index contributed by atoms with van der Waals surface area (Å²) in [5.74, 6) is -0.289. The van der Waals surface area contributed by atoms with Gasteiger partial charge < -0.3 is 10.2 Å². The molecule has 0 atom stereocenters. The van der Waals surface area contributed by atoms with Gasteiger partial charge in [0.25, 0.3) is 5.69 Å². The lowest BCUT2D eigenvalue weighted by Gasteiger charge is -2.29. The van der Waals surface area contributed by atoms with Crippen LogP contribution in [0.2, 0.25) is 0 Å². The number of benzene rings is 1. The van der Waals surface area contributed by atoms with Gasteiger partial charge in [0.1, 0.15) is 0 Å². The van der Waals surface area contributed by atoms with E-state index in [-0.39, 0.29) is 35.4 Å². The van der Waals surface area contributed by atoms with E-state index >= 15 is 0 Å². The van der Waals surface area contributed by atoms with Gasteiger partial charge in [-0.2, -0.15) is 4.31 Å². The van der Waals surface area contributed by atoms with Gasteiger partial charge in [0, 0.05) is 45.4 Å². The van der Waals surface area contributed by atoms with Gasteiger partial charge in [0.05, 0.1) is 16.4 Å². The average molecular weight is 379 g/mol. The molecule has 1 aromatic rings. The number of carbonyl (C=O) groups is 1. The molecule has 0 bridgehead atoms. The Bertz CT molecular complexity index is 706. The van der Waals surface area contributed by atoms with Crippen LogP contribution in [0.1, 0.15) is 0 Å². The SMILES string of the molecule is CN(CC(=O)N1CCNCC1)S(=O)(=O)c1cccc([N+](=O)[O-])c1.Cl. The summed E-state index contributed by atoms with van der Waals surface area (Å²) < 4.78 is 25.8. The number of nitrogens with zero attached hydrogens (tertiary/aromatic N) is 3. The summed E-state index contributed by atoms with van der Waals surface area (Å²) in [5.41, 5.74) is -0.312. The van der Waals surface area contributed by atoms with E-state index in [4.69, 9.17) is 0 Å². The number of rotatable bonds is 5. The molecule has 11 heteroatoms. The largest absolute Gasteiger partial charge is 0.339 e. The Kier molecular flexibility index (Phi) is 7.08. The van der Waals surface area contributed by atoms with Crippen LogP contribution in [0.15, 0.2) is 29.2 Å². The van der Waals surface area contributed by atoms with Crippen LogP contribution in [-0.2, 0) is 14.8 Å². The molecule has 1 aromatic carbocycles. The molecule has 1 heterocycles. The van der Waals surface area contributed by atoms with Crippen molar-refractivity contribution in [3.8, 4) is 0 Å². The van der Waals surface area contributed by atoms with Crippen molar-refractivity contribution in [2.24, 2.45) is 0 Å². The van der Waals surface area contributed by atoms with E-state index in [1.165, 1.54) is 25.2 Å². The monoisotopic (exact) mass is 378 g/mol. The normalized spacial score (nSPS) is 15.0. The van der Waals surface area contributed by atoms with Crippen molar-refractivity contribution in [3.63, 3.8) is 0 Å². The van der Waals surface area contributed by atoms with Gasteiger partial charge in [-0.1, -0.05) is 6.07 Å². The number of hydrogen-bond acceptors (Lipinski definition) is 6. The highest BCUT2D eigenvalue weighted by molar-refractivity contribution is 7.89. The fraction of sp³-hybridized carbons (Fsp3) is 0.462. The summed E-state index contributed by atoms with van der Waals surface area (Å²) in [6, 6.07) is 4.77. The van der Waals surface area contributed by atoms with Crippen LogP contribution in [0.4, 0.5) is 5.69 Å². The highest BCUT2D eigenvalue weighted by Crippen LogP contribution is 2.20. The van der Waals surface area contributed by atoms with Crippen molar-refractivity contribution in [2.75, 3.05) is 39.8 Å². The Morgan fingerprint density at radius 3 is 2.58 bits per heavy atom. The molecule has 0 aromatic heterocycles. The van der Waals surface area contributed by atoms with Crippen molar-refractivity contribution in [1.82, 2.24) is 14.5 Å². The predicted molar refractivity (Wildman–Crippen MR) is 89.6 cm³/mol. The molecule has 1 aliphatic heterocycles. The molecule has 2 rings (SSSR count). The van der Waals surface area contributed by atoms with Crippen LogP contribution < -0.4 is 5.32 Å². The van der Waals surface area contributed by atoms with Gasteiger partial charge in [0.15, 0.2) is 0 Å². The fourth-order valence-electron chi connectivity index (χ4n) is 2.23. The van der Waals surface area contributed by atoms with Gasteiger partial charge >= 0.3 is 0 Å². The number of likely N-dealkylation sites (N-methyl/N-ethyl adjacent to an activating group) is 1. The average Bonchev–Trinajstić information content (AvgIpc) is 2.55. The van der Waals surface area contributed by atoms with Gasteiger partial charge in [-0.25, -0.2) is 8.42 Å². The van der Waals surface area contributed by atoms with Crippen LogP contribution in [0.5, 0.6) is 0 Å². The molecule has 134 valence electrons. The van der Waals surface area contributed by atoms with Crippen molar-refractivity contribution in [3.05, 3.63) is 34.4 Å². The van der Waals surface area contributed by atoms with E-state index in [1.54, 1.807) is 4.90 Å². The lowest BCUT2D eigenvalue weighted by molar-refractivity contribution is -0.385. The Morgan fingerprint density at radius 1 is 1.38 bits per heavy atom. The Balaban J connectivity index is 0.00000288. The smallest absolute Gasteiger partial charge is 0.270 e. The second kappa shape index (κ2) is 8.38. The van der Waals surface area contributed by atoms with E-state index in [2.05, 4.69) is 5.32 Å². The second-order valence-corrected chi connectivity index (χ2v) is 7.19. The number of nitro groups is 1. The second-order valence-electron chi connectivity index (χ2n) is 5.15. The summed E-state index contributed by atoms with van der Waals surface area (Å²) in [7, 11) is -2.68. The van der Waals surface area contributed by atoms with E-state index in [0.717, 1.165) is 10.4 Å². The lowest BCUT2D eigenvalue weighted by Crippen LogP contribution is -2.49. The third-order valence-electron chi connectivity index (χ3n) is 3.56. The molecule has 1 amide bonds. The van der Waals surface area contributed by atoms with Crippen molar-refractivity contribution in [2.45, 2.75) is 4.90 Å². The maximum atomic E-state index is 12.4. The number of nitro benzene ring substituents is 1. The molecule has 1 fully saturated rings. The lowest BCUT2D eigenvalue weighted by atomic mass is 10.3. The van der Waals surface area contributed by atoms with Crippen LogP contribution in [0.25, 0.3) is 0 Å². The molecule has 1 aliphatic rings. The maximum absolute atomic E-state index is 12.4. The first-order valence-electron chi connectivity index (χ1n) is 7.01. The molecular formula is C13H19ClN4O5S. The fourth-order valence-corrected chi connectivity index (χ4v) is 3.39. The molecule has 0 saturated carbocycles. The first kappa shape index (κ1) is 20.3. The molecule has 0 aliphatic carbocycles. The zero-order valence-electron chi connectivity index (χ0n) is 13.0. The first-order chi connectivity index (χ1) is 10.8. The summed E-state index contributed by atoms with van der Waals surface area (Å²) in [6.07, 6.45) is 0. The molecule has 24 heavy (non-hydrogen) atoms. The third kappa shape index (κ3) is 4.63. The highest BCUT2D eigenvalue weighted by Gasteiger charge is 2.27. The topological polar surface area (TPSA) is 113 Å². The number of halogens is 1. The standard InChI is InChI=1S/C13H18N4O5S.ClH/c1-15(10-13(18)16-7-5-14-6-8-16)23(21,22)12-4-2-3-11(9-12)17(19)20;/h2-4,9,14H,5-8,10H2,1H3;1H. The molecule has 0 unspecified atom stereocenters. The van der Waals surface area contributed by atoms with Crippen molar-refractivity contribution >= 4 is 34.0 Å². The Morgan fingerprint density at radius 2 is 2.00 bits per heavy atom. The highest BCUT2D eigenvalue weighted by atomic mass is 35.5. The maximum Gasteiger partial charge on any atom is 0.270 e. The number of nitrogens with one attached hydrogen (secondary N) is 1. The minimum atomic E-state index is -3.96. The summed E-state index contributed by atoms with van der Waals surface area (Å²) >= 11 is 0. The van der Waals surface area contributed by atoms with Gasteiger partial charge in [-0.15, -0.1) is 12.4 Å². The third-order valence-corrected chi connectivity index (χ3v) is 5.36. The number of non-ortho nitro benzene ring substituents is 1. The minimum Gasteiger partial charge on any atom is -0.339 e. The van der Waals surface area contributed by atoms with E-state index in [1.807, 2.05) is 0 Å². The van der Waals surface area contributed by atoms with E-state index in [0.29, 0.717) is 26.2 Å². The molecule has 0 spiro atoms. The van der Waals surface area contributed by atoms with Crippen LogP contribution in [0.3, 0.4) is 0 Å². The number of sulfonamides is 1. The number of amides is 1. The number of piperazine rings is 1. The van der Waals surface area contributed by atoms with Gasteiger partial charge in [-0.05, 0) is 6.07 Å². The van der Waals surface area contributed by atoms with Crippen molar-refractivity contribution in [1.29, 1.82) is 0 Å². The van der Waals surface area contributed by atoms with Crippen LogP contribution in [0, 0.1) is 10.1 Å². The van der Waals surface area contributed by atoms with Gasteiger partial charge in [-0.3, -0.25) is 14.9 Å².